The highest BCUT2D eigenvalue weighted by atomic mass is 16.2. The van der Waals surface area contributed by atoms with Gasteiger partial charge in [-0.2, -0.15) is 4.79 Å². The summed E-state index contributed by atoms with van der Waals surface area (Å²) in [5.41, 5.74) is 2.39. The van der Waals surface area contributed by atoms with E-state index in [-0.39, 0.29) is 5.91 Å². The number of hydrogen-bond donors (Lipinski definition) is 1. The normalized spacial score (nSPS) is 9.00. The second kappa shape index (κ2) is 2.25. The fourth-order valence-electron chi connectivity index (χ4n) is 0.427. The molecular weight excluding hydrogens is 120 g/mol. The van der Waals surface area contributed by atoms with Crippen LogP contribution in [0.3, 0.4) is 0 Å². The van der Waals surface area contributed by atoms with E-state index in [1.165, 1.54) is 24.4 Å². The highest BCUT2D eigenvalue weighted by molar-refractivity contribution is 5.80. The number of amides is 1. The number of nitrogens with zero attached hydrogens (tertiary/aromatic N) is 3. The summed E-state index contributed by atoms with van der Waals surface area (Å²) in [6.07, 6.45) is 2.75. The van der Waals surface area contributed by atoms with Gasteiger partial charge in [-0.25, -0.2) is 10.4 Å². The summed E-state index contributed by atoms with van der Waals surface area (Å²) in [6, 6.07) is 0. The first-order valence-electron chi connectivity index (χ1n) is 2.41. The van der Waals surface area contributed by atoms with Crippen LogP contribution in [0.25, 0.3) is 0 Å². The van der Waals surface area contributed by atoms with Crippen molar-refractivity contribution in [1.29, 1.82) is 0 Å². The number of hydrogen-bond acceptors (Lipinski definition) is 3. The molecule has 1 amide bonds. The van der Waals surface area contributed by atoms with Gasteiger partial charge in [-0.05, 0) is 0 Å². The smallest absolute Gasteiger partial charge is 0.236 e. The van der Waals surface area contributed by atoms with Gasteiger partial charge in [-0.1, -0.05) is 0 Å². The molecule has 0 saturated heterocycles. The minimum atomic E-state index is -0.166. The van der Waals surface area contributed by atoms with Gasteiger partial charge in [0.25, 0.3) is 0 Å². The average Bonchev–Trinajstić information content (AvgIpc) is 2.15. The van der Waals surface area contributed by atoms with Crippen LogP contribution in [0.1, 0.15) is 6.92 Å². The first-order chi connectivity index (χ1) is 4.29. The average molecular weight is 126 g/mol. The predicted octanol–water partition coefficient (Wildman–Crippen LogP) is -0.632. The molecule has 0 spiro atoms. The zero-order valence-corrected chi connectivity index (χ0v) is 4.90. The van der Waals surface area contributed by atoms with Crippen LogP contribution in [-0.2, 0) is 4.79 Å². The molecule has 5 nitrogen and oxygen atoms in total. The van der Waals surface area contributed by atoms with E-state index in [2.05, 4.69) is 15.5 Å². The fourth-order valence-corrected chi connectivity index (χ4v) is 0.427. The standard InChI is InChI=1S/C4H6N4O/c1-4(9)7-8-3-5-2-6-8/h2-3H,1H3,(H,7,9). The molecule has 0 saturated carbocycles. The number of nitrogens with one attached hydrogen (secondary N) is 1. The Bertz CT molecular complexity index is 192. The molecule has 5 heteroatoms. The van der Waals surface area contributed by atoms with Gasteiger partial charge in [0.2, 0.25) is 5.91 Å². The van der Waals surface area contributed by atoms with Gasteiger partial charge >= 0.3 is 0 Å². The minimum Gasteiger partial charge on any atom is -0.274 e. The molecule has 1 heterocycles. The SMILES string of the molecule is CC(=O)Nn1cncn1. The lowest BCUT2D eigenvalue weighted by Gasteiger charge is -1.95. The van der Waals surface area contributed by atoms with E-state index < -0.39 is 0 Å². The van der Waals surface area contributed by atoms with E-state index in [4.69, 9.17) is 0 Å². The van der Waals surface area contributed by atoms with E-state index in [1.54, 1.807) is 0 Å². The molecule has 0 bridgehead atoms. The molecule has 0 aliphatic carbocycles. The van der Waals surface area contributed by atoms with E-state index >= 15 is 0 Å². The highest BCUT2D eigenvalue weighted by Crippen LogP contribution is 1.71. The lowest BCUT2D eigenvalue weighted by atomic mass is 10.8. The lowest BCUT2D eigenvalue weighted by molar-refractivity contribution is -0.115. The zero-order chi connectivity index (χ0) is 6.69. The van der Waals surface area contributed by atoms with E-state index in [0.29, 0.717) is 0 Å². The van der Waals surface area contributed by atoms with Gasteiger partial charge in [0.05, 0.1) is 0 Å². The Balaban J connectivity index is 2.58. The molecule has 0 aliphatic rings. The van der Waals surface area contributed by atoms with Crippen LogP contribution < -0.4 is 5.43 Å². The van der Waals surface area contributed by atoms with Crippen molar-refractivity contribution >= 4 is 5.91 Å². The van der Waals surface area contributed by atoms with Crippen molar-refractivity contribution < 1.29 is 4.79 Å². The summed E-state index contributed by atoms with van der Waals surface area (Å²) < 4.78 is 0. The molecule has 0 fully saturated rings. The summed E-state index contributed by atoms with van der Waals surface area (Å²) in [7, 11) is 0. The van der Waals surface area contributed by atoms with Crippen LogP contribution >= 0.6 is 0 Å². The van der Waals surface area contributed by atoms with E-state index in [0.717, 1.165) is 0 Å². The molecule has 1 N–H and O–H groups in total. The number of carbonyl (C=O) groups is 1. The molecule has 1 rings (SSSR count). The Hall–Kier alpha value is -1.39. The van der Waals surface area contributed by atoms with E-state index in [9.17, 15) is 4.79 Å². The van der Waals surface area contributed by atoms with Crippen molar-refractivity contribution in [1.82, 2.24) is 14.9 Å². The monoisotopic (exact) mass is 126 g/mol. The topological polar surface area (TPSA) is 59.8 Å². The first kappa shape index (κ1) is 5.74. The minimum absolute atomic E-state index is 0.166. The number of rotatable bonds is 1. The van der Waals surface area contributed by atoms with Crippen LogP contribution in [0.4, 0.5) is 0 Å². The van der Waals surface area contributed by atoms with Crippen molar-refractivity contribution in [2.75, 3.05) is 5.43 Å². The predicted molar refractivity (Wildman–Crippen MR) is 30.1 cm³/mol. The summed E-state index contributed by atoms with van der Waals surface area (Å²) in [5, 5.41) is 3.63. The first-order valence-corrected chi connectivity index (χ1v) is 2.41. The maximum atomic E-state index is 10.3. The summed E-state index contributed by atoms with van der Waals surface area (Å²) in [4.78, 5) is 15.2. The van der Waals surface area contributed by atoms with Crippen molar-refractivity contribution in [3.05, 3.63) is 12.7 Å². The van der Waals surface area contributed by atoms with Crippen molar-refractivity contribution in [2.45, 2.75) is 6.92 Å². The highest BCUT2D eigenvalue weighted by Gasteiger charge is 1.89. The maximum absolute atomic E-state index is 10.3. The quantitative estimate of drug-likeness (QED) is 0.545. The zero-order valence-electron chi connectivity index (χ0n) is 4.90. The van der Waals surface area contributed by atoms with Crippen molar-refractivity contribution in [3.63, 3.8) is 0 Å². The third-order valence-corrected chi connectivity index (χ3v) is 0.691. The molecule has 0 aromatic carbocycles. The van der Waals surface area contributed by atoms with Crippen LogP contribution in [0.5, 0.6) is 0 Å². The van der Waals surface area contributed by atoms with Crippen LogP contribution in [-0.4, -0.2) is 20.8 Å². The van der Waals surface area contributed by atoms with Crippen LogP contribution in [0, 0.1) is 0 Å². The second-order valence-electron chi connectivity index (χ2n) is 1.51. The fraction of sp³-hybridized carbons (Fsp3) is 0.250. The molecule has 0 radical (unpaired) electrons. The Labute approximate surface area is 51.7 Å². The summed E-state index contributed by atoms with van der Waals surface area (Å²) in [5.74, 6) is -0.166. The third kappa shape index (κ3) is 1.52. The molecule has 0 atom stereocenters. The summed E-state index contributed by atoms with van der Waals surface area (Å²) in [6.45, 7) is 1.40. The van der Waals surface area contributed by atoms with Gasteiger partial charge in [-0.3, -0.25) is 4.79 Å². The number of carbonyl (C=O) groups excluding carboxylic acids is 1. The molecular formula is C4H6N4O. The van der Waals surface area contributed by atoms with Gasteiger partial charge in [0.1, 0.15) is 12.7 Å². The van der Waals surface area contributed by atoms with Crippen LogP contribution in [0.2, 0.25) is 0 Å². The Kier molecular flexibility index (Phi) is 1.44. The second-order valence-corrected chi connectivity index (χ2v) is 1.51. The van der Waals surface area contributed by atoms with Gasteiger partial charge in [-0.15, -0.1) is 5.10 Å². The van der Waals surface area contributed by atoms with E-state index in [1.807, 2.05) is 0 Å². The van der Waals surface area contributed by atoms with Crippen molar-refractivity contribution in [3.8, 4) is 0 Å². The number of aromatic nitrogens is 3. The van der Waals surface area contributed by atoms with Gasteiger partial charge in [0, 0.05) is 6.92 Å². The molecule has 0 aliphatic heterocycles. The van der Waals surface area contributed by atoms with Crippen LogP contribution in [0.15, 0.2) is 12.7 Å². The van der Waals surface area contributed by atoms with Gasteiger partial charge in [0.15, 0.2) is 0 Å². The lowest BCUT2D eigenvalue weighted by Crippen LogP contribution is -2.19. The molecule has 1 aromatic heterocycles. The Morgan fingerprint density at radius 2 is 2.56 bits per heavy atom. The Morgan fingerprint density at radius 3 is 3.00 bits per heavy atom. The molecule has 9 heavy (non-hydrogen) atoms. The maximum Gasteiger partial charge on any atom is 0.236 e. The summed E-state index contributed by atoms with van der Waals surface area (Å²) >= 11 is 0. The molecule has 48 valence electrons. The molecule has 1 aromatic rings. The third-order valence-electron chi connectivity index (χ3n) is 0.691. The van der Waals surface area contributed by atoms with Crippen molar-refractivity contribution in [2.24, 2.45) is 0 Å². The Morgan fingerprint density at radius 1 is 1.78 bits per heavy atom. The van der Waals surface area contributed by atoms with Gasteiger partial charge < -0.3 is 0 Å². The largest absolute Gasteiger partial charge is 0.274 e. The molecule has 0 unspecified atom stereocenters.